The van der Waals surface area contributed by atoms with Crippen molar-refractivity contribution in [1.29, 1.82) is 0 Å². The van der Waals surface area contributed by atoms with Crippen molar-refractivity contribution in [1.82, 2.24) is 5.32 Å². The molecule has 0 aliphatic carbocycles. The molecule has 0 bridgehead atoms. The van der Waals surface area contributed by atoms with Crippen LogP contribution in [0.4, 0.5) is 20.2 Å². The van der Waals surface area contributed by atoms with Crippen molar-refractivity contribution in [3.8, 4) is 0 Å². The molecule has 1 atom stereocenters. The number of anilines is 2. The highest BCUT2D eigenvalue weighted by Gasteiger charge is 2.16. The molecule has 1 fully saturated rings. The summed E-state index contributed by atoms with van der Waals surface area (Å²) in [4.78, 5) is 13.5. The van der Waals surface area contributed by atoms with Crippen molar-refractivity contribution in [2.24, 2.45) is 0 Å². The van der Waals surface area contributed by atoms with Gasteiger partial charge in [-0.2, -0.15) is 0 Å². The zero-order valence-electron chi connectivity index (χ0n) is 14.0. The van der Waals surface area contributed by atoms with Crippen molar-refractivity contribution in [3.05, 3.63) is 34.5 Å². The number of aliphatic hydroxyl groups is 1. The number of nitrogens with zero attached hydrogens (tertiary/aromatic N) is 2. The van der Waals surface area contributed by atoms with Gasteiger partial charge in [0.15, 0.2) is 0 Å². The number of alkyl halides is 2. The average molecular weight is 391 g/mol. The van der Waals surface area contributed by atoms with Crippen molar-refractivity contribution in [3.63, 3.8) is 0 Å². The van der Waals surface area contributed by atoms with E-state index in [1.54, 1.807) is 12.1 Å². The van der Waals surface area contributed by atoms with Crippen molar-refractivity contribution in [2.75, 3.05) is 49.4 Å². The molecule has 0 radical (unpaired) electrons. The minimum atomic E-state index is -2.80. The predicted octanol–water partition coefficient (Wildman–Crippen LogP) is 0.868. The Hall–Kier alpha value is -1.88. The maximum atomic E-state index is 12.3. The lowest BCUT2D eigenvalue weighted by atomic mass is 10.3. The second-order valence-electron chi connectivity index (χ2n) is 5.72. The number of ether oxygens (including phenoxy) is 1. The highest BCUT2D eigenvalue weighted by Crippen LogP contribution is 2.15. The number of hydrogen-bond acceptors (Lipinski definition) is 7. The number of hydroxylamine groups is 1. The third kappa shape index (κ3) is 5.84. The number of aliphatic hydroxyl groups excluding tert-OH is 1. The average Bonchev–Trinajstić information content (AvgIpc) is 2.82. The Kier molecular flexibility index (Phi) is 7.64. The molecule has 1 aliphatic heterocycles. The SMILES string of the molecule is O=c1ccc(N(O)C[C@@H](O)CNC(=S)C(F)F)ccc1N1CCOCC1.[HH]. The summed E-state index contributed by atoms with van der Waals surface area (Å²) in [5.74, 6) is 0. The van der Waals surface area contributed by atoms with E-state index in [0.717, 1.165) is 5.06 Å². The molecule has 0 spiro atoms. The quantitative estimate of drug-likeness (QED) is 0.466. The monoisotopic (exact) mass is 391 g/mol. The van der Waals surface area contributed by atoms with Gasteiger partial charge in [-0.05, 0) is 24.3 Å². The number of hydrogen-bond donors (Lipinski definition) is 3. The molecule has 26 heavy (non-hydrogen) atoms. The van der Waals surface area contributed by atoms with Crippen LogP contribution in [0.5, 0.6) is 0 Å². The number of thiocarbonyl (C=S) groups is 1. The molecule has 0 saturated carbocycles. The van der Waals surface area contributed by atoms with Gasteiger partial charge in [0.1, 0.15) is 4.99 Å². The van der Waals surface area contributed by atoms with Gasteiger partial charge in [-0.3, -0.25) is 15.1 Å². The van der Waals surface area contributed by atoms with Gasteiger partial charge in [0.2, 0.25) is 5.43 Å². The van der Waals surface area contributed by atoms with Gasteiger partial charge < -0.3 is 20.1 Å². The number of rotatable bonds is 7. The number of nitrogens with one attached hydrogen (secondary N) is 1. The normalized spacial score (nSPS) is 15.7. The maximum Gasteiger partial charge on any atom is 0.288 e. The minimum absolute atomic E-state index is 0. The second kappa shape index (κ2) is 9.72. The summed E-state index contributed by atoms with van der Waals surface area (Å²) in [7, 11) is 0. The van der Waals surface area contributed by atoms with E-state index in [-0.39, 0.29) is 25.6 Å². The highest BCUT2D eigenvalue weighted by molar-refractivity contribution is 7.80. The standard InChI is InChI=1S/C16H21F2N3O4S.H2/c17-15(18)16(26)19-9-12(22)10-21(24)11-1-3-13(14(23)4-2-11)20-5-7-25-8-6-20;/h1-4,12,15,22,24H,5-10H2,(H,19,26);1H/t12-;/m0./s1. The minimum Gasteiger partial charge on any atom is -0.389 e. The first kappa shape index (κ1) is 20.4. The molecule has 146 valence electrons. The molecule has 1 heterocycles. The van der Waals surface area contributed by atoms with Crippen LogP contribution in [0.15, 0.2) is 29.1 Å². The van der Waals surface area contributed by atoms with E-state index >= 15 is 0 Å². The molecule has 1 aromatic rings. The van der Waals surface area contributed by atoms with Crippen LogP contribution in [0.2, 0.25) is 0 Å². The van der Waals surface area contributed by atoms with Crippen LogP contribution in [0.3, 0.4) is 0 Å². The lowest BCUT2D eigenvalue weighted by Crippen LogP contribution is -2.40. The van der Waals surface area contributed by atoms with Crippen LogP contribution < -0.4 is 20.7 Å². The summed E-state index contributed by atoms with van der Waals surface area (Å²) < 4.78 is 29.8. The summed E-state index contributed by atoms with van der Waals surface area (Å²) in [6.07, 6.45) is -3.95. The largest absolute Gasteiger partial charge is 0.389 e. The van der Waals surface area contributed by atoms with Crippen LogP contribution in [0, 0.1) is 0 Å². The first-order valence-corrected chi connectivity index (χ1v) is 8.46. The number of halogens is 2. The summed E-state index contributed by atoms with van der Waals surface area (Å²) in [6, 6.07) is 5.91. The molecule has 0 aromatic heterocycles. The Morgan fingerprint density at radius 2 is 2.00 bits per heavy atom. The third-order valence-corrected chi connectivity index (χ3v) is 4.14. The molecule has 7 nitrogen and oxygen atoms in total. The fourth-order valence-corrected chi connectivity index (χ4v) is 2.53. The third-order valence-electron chi connectivity index (χ3n) is 3.81. The Balaban J connectivity index is 0.00000364. The summed E-state index contributed by atoms with van der Waals surface area (Å²) >= 11 is 4.41. The molecule has 1 aromatic carbocycles. The van der Waals surface area contributed by atoms with Crippen LogP contribution in [0.25, 0.3) is 0 Å². The van der Waals surface area contributed by atoms with E-state index in [4.69, 9.17) is 4.74 Å². The molecule has 10 heteroatoms. The van der Waals surface area contributed by atoms with Gasteiger partial charge >= 0.3 is 0 Å². The van der Waals surface area contributed by atoms with Gasteiger partial charge in [-0.15, -0.1) is 0 Å². The molecule has 0 unspecified atom stereocenters. The van der Waals surface area contributed by atoms with E-state index in [1.807, 2.05) is 4.90 Å². The maximum absolute atomic E-state index is 12.3. The summed E-state index contributed by atoms with van der Waals surface area (Å²) in [5.41, 5.74) is 0.589. The van der Waals surface area contributed by atoms with E-state index in [9.17, 15) is 23.9 Å². The van der Waals surface area contributed by atoms with Gasteiger partial charge in [-0.1, -0.05) is 12.2 Å². The molecule has 3 N–H and O–H groups in total. The molecular weight excluding hydrogens is 368 g/mol. The summed E-state index contributed by atoms with van der Waals surface area (Å²) in [6.45, 7) is 1.81. The van der Waals surface area contributed by atoms with Crippen LogP contribution in [-0.4, -0.2) is 67.2 Å². The Morgan fingerprint density at radius 3 is 2.65 bits per heavy atom. The van der Waals surface area contributed by atoms with Crippen molar-refractivity contribution < 1.29 is 25.3 Å². The Bertz CT molecular complexity index is 680. The first-order valence-electron chi connectivity index (χ1n) is 8.06. The number of morpholine rings is 1. The first-order chi connectivity index (χ1) is 12.4. The molecule has 2 rings (SSSR count). The lowest BCUT2D eigenvalue weighted by molar-refractivity contribution is 0.122. The molecule has 0 amide bonds. The fraction of sp³-hybridized carbons (Fsp3) is 0.500. The van der Waals surface area contributed by atoms with Gasteiger partial charge in [-0.25, -0.2) is 8.78 Å². The molecule has 1 aliphatic rings. The van der Waals surface area contributed by atoms with Crippen molar-refractivity contribution in [2.45, 2.75) is 12.5 Å². The van der Waals surface area contributed by atoms with Crippen LogP contribution in [-0.2, 0) is 4.74 Å². The van der Waals surface area contributed by atoms with Gasteiger partial charge in [0.05, 0.1) is 37.2 Å². The molecule has 1 saturated heterocycles. The highest BCUT2D eigenvalue weighted by atomic mass is 32.1. The summed E-state index contributed by atoms with van der Waals surface area (Å²) in [5, 5.41) is 22.9. The lowest BCUT2D eigenvalue weighted by Gasteiger charge is -2.27. The van der Waals surface area contributed by atoms with E-state index in [0.29, 0.717) is 32.0 Å². The van der Waals surface area contributed by atoms with Gasteiger partial charge in [0.25, 0.3) is 6.43 Å². The van der Waals surface area contributed by atoms with Crippen LogP contribution >= 0.6 is 12.2 Å². The van der Waals surface area contributed by atoms with E-state index in [2.05, 4.69) is 17.5 Å². The Labute approximate surface area is 156 Å². The Morgan fingerprint density at radius 1 is 1.35 bits per heavy atom. The van der Waals surface area contributed by atoms with Crippen LogP contribution in [0.1, 0.15) is 1.43 Å². The van der Waals surface area contributed by atoms with E-state index < -0.39 is 17.5 Å². The zero-order chi connectivity index (χ0) is 19.1. The van der Waals surface area contributed by atoms with Crippen molar-refractivity contribution >= 4 is 28.6 Å². The molecular formula is C16H23F2N3O4S. The van der Waals surface area contributed by atoms with E-state index in [1.165, 1.54) is 12.1 Å². The zero-order valence-corrected chi connectivity index (χ0v) is 14.8. The topological polar surface area (TPSA) is 85.3 Å². The smallest absolute Gasteiger partial charge is 0.288 e. The van der Waals surface area contributed by atoms with Gasteiger partial charge in [0, 0.05) is 21.1 Å². The fourth-order valence-electron chi connectivity index (χ4n) is 2.45. The second-order valence-corrected chi connectivity index (χ2v) is 6.16. The predicted molar refractivity (Wildman–Crippen MR) is 99.6 cm³/mol.